The first-order valence-electron chi connectivity index (χ1n) is 21.7. The number of ether oxygens (including phenoxy) is 7. The normalized spacial score (nSPS) is 21.1. The van der Waals surface area contributed by atoms with Gasteiger partial charge in [0, 0.05) is 55.8 Å². The second-order valence-electron chi connectivity index (χ2n) is 16.9. The molecule has 6 heterocycles. The van der Waals surface area contributed by atoms with E-state index in [2.05, 4.69) is 20.5 Å². The van der Waals surface area contributed by atoms with Gasteiger partial charge in [-0.15, -0.1) is 0 Å². The first-order chi connectivity index (χ1) is 31.4. The molecular formula is C46H57N9O10. The van der Waals surface area contributed by atoms with Crippen LogP contribution in [0, 0.1) is 0 Å². The second-order valence-corrected chi connectivity index (χ2v) is 16.9. The van der Waals surface area contributed by atoms with Crippen LogP contribution in [0.2, 0.25) is 0 Å². The Kier molecular flexibility index (Phi) is 13.6. The Bertz CT molecular complexity index is 2470. The zero-order valence-electron chi connectivity index (χ0n) is 37.8. The largest absolute Gasteiger partial charge is 0.497 e. The highest BCUT2D eigenvalue weighted by Crippen LogP contribution is 2.46. The molecule has 5 aromatic rings. The molecule has 0 radical (unpaired) electrons. The average molecular weight is 896 g/mol. The summed E-state index contributed by atoms with van der Waals surface area (Å²) in [4.78, 5) is 54.7. The van der Waals surface area contributed by atoms with Crippen LogP contribution in [0.15, 0.2) is 73.3 Å². The molecule has 2 N–H and O–H groups in total. The van der Waals surface area contributed by atoms with Crippen molar-refractivity contribution in [1.29, 1.82) is 0 Å². The molecule has 3 fully saturated rings. The number of methoxy groups -OCH3 is 3. The van der Waals surface area contributed by atoms with Gasteiger partial charge in [0.15, 0.2) is 18.1 Å². The third-order valence-electron chi connectivity index (χ3n) is 12.1. The molecule has 346 valence electrons. The summed E-state index contributed by atoms with van der Waals surface area (Å²) in [7, 11) is 8.36. The van der Waals surface area contributed by atoms with E-state index in [-0.39, 0.29) is 31.5 Å². The molecule has 2 amide bonds. The maximum absolute atomic E-state index is 15.2. The van der Waals surface area contributed by atoms with Gasteiger partial charge in [0.05, 0.1) is 32.4 Å². The standard InChI is InChI=1S/C46H57N9O10/c1-46(2)64-37-38(42(56)54(30-15-19-52(3)20-16-30)22-18-34(44(57)61-7)50-45(58)62-26-28-11-9-8-10-12-28)63-43(39(37)65-46)55-25-32(33-17-21-53(4)51-33)36-40(48-27-49-41(36)55)47-24-29-13-14-31(59-5)23-35(29)60-6/h8-14,17,21,23,25,27,30,34,37-39,43H,15-16,18-20,22,24,26H2,1-7H3,(H,50,58)(H,47,48,49)/t34-,37+,38-,39+,43+/m0/s1. The number of anilines is 1. The van der Waals surface area contributed by atoms with Crippen molar-refractivity contribution in [3.8, 4) is 22.8 Å². The van der Waals surface area contributed by atoms with Crippen LogP contribution in [0.4, 0.5) is 10.6 Å². The number of rotatable bonds is 16. The van der Waals surface area contributed by atoms with E-state index in [1.807, 2.05) is 99.5 Å². The highest BCUT2D eigenvalue weighted by Gasteiger charge is 2.59. The molecule has 0 saturated carbocycles. The number of alkyl carbamates (subject to hydrolysis) is 1. The number of benzene rings is 2. The smallest absolute Gasteiger partial charge is 0.408 e. The lowest BCUT2D eigenvalue weighted by Gasteiger charge is -2.39. The van der Waals surface area contributed by atoms with Crippen molar-refractivity contribution >= 4 is 34.8 Å². The first kappa shape index (κ1) is 45.3. The topological polar surface area (TPSA) is 195 Å². The molecule has 19 nitrogen and oxygen atoms in total. The van der Waals surface area contributed by atoms with Crippen molar-refractivity contribution in [2.75, 3.05) is 53.3 Å². The lowest BCUT2D eigenvalue weighted by molar-refractivity contribution is -0.201. The third kappa shape index (κ3) is 9.87. The Morgan fingerprint density at radius 2 is 1.74 bits per heavy atom. The minimum Gasteiger partial charge on any atom is -0.497 e. The molecular weight excluding hydrogens is 839 g/mol. The van der Waals surface area contributed by atoms with Gasteiger partial charge in [0.1, 0.15) is 54.1 Å². The molecule has 2 aromatic carbocycles. The molecule has 0 unspecified atom stereocenters. The zero-order valence-corrected chi connectivity index (χ0v) is 37.8. The van der Waals surface area contributed by atoms with Crippen LogP contribution in [0.1, 0.15) is 50.5 Å². The van der Waals surface area contributed by atoms with Crippen molar-refractivity contribution in [2.24, 2.45) is 7.05 Å². The molecule has 0 aliphatic carbocycles. The third-order valence-corrected chi connectivity index (χ3v) is 12.1. The zero-order chi connectivity index (χ0) is 45.8. The van der Waals surface area contributed by atoms with Crippen molar-refractivity contribution < 1.29 is 47.5 Å². The summed E-state index contributed by atoms with van der Waals surface area (Å²) in [6.07, 6.45) is 2.38. The number of piperidine rings is 1. The maximum atomic E-state index is 15.2. The Morgan fingerprint density at radius 1 is 0.969 bits per heavy atom. The minimum absolute atomic E-state index is 0.0186. The fourth-order valence-corrected chi connectivity index (χ4v) is 8.85. The average Bonchev–Trinajstić information content (AvgIpc) is 4.08. The number of nitrogens with one attached hydrogen (secondary N) is 2. The van der Waals surface area contributed by atoms with Gasteiger partial charge in [-0.25, -0.2) is 19.6 Å². The van der Waals surface area contributed by atoms with Crippen molar-refractivity contribution in [3.05, 3.63) is 84.4 Å². The van der Waals surface area contributed by atoms with Crippen LogP contribution in [0.5, 0.6) is 11.5 Å². The molecule has 0 spiro atoms. The van der Waals surface area contributed by atoms with Crippen molar-refractivity contribution in [2.45, 2.75) is 88.7 Å². The highest BCUT2D eigenvalue weighted by molar-refractivity contribution is 6.00. The summed E-state index contributed by atoms with van der Waals surface area (Å²) in [5, 5.41) is 11.6. The fourth-order valence-electron chi connectivity index (χ4n) is 8.85. The fraction of sp³-hybridized carbons (Fsp3) is 0.478. The Balaban J connectivity index is 1.09. The number of hydrogen-bond acceptors (Lipinski definition) is 15. The van der Waals surface area contributed by atoms with E-state index in [1.54, 1.807) is 23.8 Å². The Morgan fingerprint density at radius 3 is 2.45 bits per heavy atom. The van der Waals surface area contributed by atoms with Crippen LogP contribution >= 0.6 is 0 Å². The summed E-state index contributed by atoms with van der Waals surface area (Å²) in [6.45, 7) is 5.64. The highest BCUT2D eigenvalue weighted by atomic mass is 16.8. The maximum Gasteiger partial charge on any atom is 0.408 e. The molecule has 65 heavy (non-hydrogen) atoms. The number of amides is 2. The van der Waals surface area contributed by atoms with Crippen LogP contribution in [-0.2, 0) is 53.5 Å². The summed E-state index contributed by atoms with van der Waals surface area (Å²) in [6, 6.07) is 15.5. The van der Waals surface area contributed by atoms with Crippen LogP contribution in [0.25, 0.3) is 22.3 Å². The molecule has 3 saturated heterocycles. The van der Waals surface area contributed by atoms with Gasteiger partial charge in [-0.1, -0.05) is 30.3 Å². The Hall–Kier alpha value is -6.28. The van der Waals surface area contributed by atoms with Gasteiger partial charge in [0.25, 0.3) is 5.91 Å². The summed E-state index contributed by atoms with van der Waals surface area (Å²) >= 11 is 0. The molecule has 3 aliphatic heterocycles. The predicted molar refractivity (Wildman–Crippen MR) is 237 cm³/mol. The SMILES string of the molecule is COC(=O)[C@H](CCN(C(=O)[C@H]1O[C@@H](n2cc(-c3ccn(C)n3)c3c(NCc4ccc(OC)cc4OC)ncnc32)[C@@H]2OC(C)(C)O[C@@H]21)C1CCN(C)CC1)NC(=O)OCc1ccccc1. The number of aryl methyl sites for hydroxylation is 1. The van der Waals surface area contributed by atoms with Gasteiger partial charge in [0.2, 0.25) is 0 Å². The van der Waals surface area contributed by atoms with Crippen LogP contribution in [-0.4, -0.2) is 136 Å². The number of esters is 1. The molecule has 3 aromatic heterocycles. The van der Waals surface area contributed by atoms with Crippen molar-refractivity contribution in [1.82, 2.24) is 39.4 Å². The van der Waals surface area contributed by atoms with E-state index in [0.29, 0.717) is 53.4 Å². The van der Waals surface area contributed by atoms with E-state index in [9.17, 15) is 9.59 Å². The van der Waals surface area contributed by atoms with Crippen molar-refractivity contribution in [3.63, 3.8) is 0 Å². The van der Waals surface area contributed by atoms with E-state index in [1.165, 1.54) is 13.4 Å². The lowest BCUT2D eigenvalue weighted by atomic mass is 10.0. The van der Waals surface area contributed by atoms with Crippen LogP contribution < -0.4 is 20.1 Å². The first-order valence-corrected chi connectivity index (χ1v) is 21.7. The quantitative estimate of drug-likeness (QED) is 0.130. The van der Waals surface area contributed by atoms with Gasteiger partial charge < -0.3 is 58.2 Å². The molecule has 3 aliphatic rings. The Labute approximate surface area is 377 Å². The molecule has 19 heteroatoms. The van der Waals surface area contributed by atoms with Gasteiger partial charge in [-0.3, -0.25) is 9.48 Å². The van der Waals surface area contributed by atoms with Crippen LogP contribution in [0.3, 0.4) is 0 Å². The van der Waals surface area contributed by atoms with Gasteiger partial charge in [-0.2, -0.15) is 5.10 Å². The van der Waals surface area contributed by atoms with E-state index in [4.69, 9.17) is 43.2 Å². The lowest BCUT2D eigenvalue weighted by Crippen LogP contribution is -2.54. The molecule has 0 bridgehead atoms. The number of nitrogens with zero attached hydrogens (tertiary/aromatic N) is 7. The van der Waals surface area contributed by atoms with Gasteiger partial charge >= 0.3 is 12.1 Å². The molecule has 5 atom stereocenters. The van der Waals surface area contributed by atoms with Gasteiger partial charge in [-0.05, 0) is 77.0 Å². The number of fused-ring (bicyclic) bond motifs is 2. The predicted octanol–water partition coefficient (Wildman–Crippen LogP) is 4.66. The number of likely N-dealkylation sites (tertiary alicyclic amines) is 1. The summed E-state index contributed by atoms with van der Waals surface area (Å²) < 4.78 is 45.1. The number of carbonyl (C=O) groups is 3. The van der Waals surface area contributed by atoms with E-state index >= 15 is 4.79 Å². The molecule has 8 rings (SSSR count). The monoisotopic (exact) mass is 895 g/mol. The van der Waals surface area contributed by atoms with E-state index in [0.717, 1.165) is 29.8 Å². The number of carbonyl (C=O) groups excluding carboxylic acids is 3. The summed E-state index contributed by atoms with van der Waals surface area (Å²) in [5.41, 5.74) is 3.60. The number of hydrogen-bond donors (Lipinski definition) is 2. The van der Waals surface area contributed by atoms with E-state index < -0.39 is 48.4 Å². The number of aromatic nitrogens is 5. The second kappa shape index (κ2) is 19.4. The summed E-state index contributed by atoms with van der Waals surface area (Å²) in [5.74, 6) is -0.165. The minimum atomic E-state index is -1.11.